The number of nitrogens with one attached hydrogen (secondary N) is 1. The molecule has 2 aromatic carbocycles. The van der Waals surface area contributed by atoms with Crippen LogP contribution in [0.1, 0.15) is 23.1 Å². The third-order valence-electron chi connectivity index (χ3n) is 3.84. The van der Waals surface area contributed by atoms with E-state index in [4.69, 9.17) is 4.74 Å². The standard InChI is InChI=1S/C17H18FNO/c1-20-16-7-3-6-14(17(16)18)11-19-15-9-8-12-4-2-5-13(12)10-15/h3,6-10,19H,2,4-5,11H2,1H3. The van der Waals surface area contributed by atoms with Crippen LogP contribution >= 0.6 is 0 Å². The van der Waals surface area contributed by atoms with Crippen LogP contribution in [0.4, 0.5) is 10.1 Å². The van der Waals surface area contributed by atoms with Crippen molar-refractivity contribution in [1.82, 2.24) is 0 Å². The van der Waals surface area contributed by atoms with Crippen LogP contribution in [0.3, 0.4) is 0 Å². The molecule has 0 saturated carbocycles. The minimum Gasteiger partial charge on any atom is -0.494 e. The van der Waals surface area contributed by atoms with Crippen molar-refractivity contribution in [3.8, 4) is 5.75 Å². The van der Waals surface area contributed by atoms with E-state index in [0.29, 0.717) is 17.9 Å². The normalized spacial score (nSPS) is 13.1. The average molecular weight is 271 g/mol. The van der Waals surface area contributed by atoms with E-state index in [9.17, 15) is 4.39 Å². The lowest BCUT2D eigenvalue weighted by molar-refractivity contribution is 0.384. The summed E-state index contributed by atoms with van der Waals surface area (Å²) in [7, 11) is 1.48. The number of hydrogen-bond acceptors (Lipinski definition) is 2. The van der Waals surface area contributed by atoms with E-state index >= 15 is 0 Å². The molecule has 0 unspecified atom stereocenters. The molecule has 0 radical (unpaired) electrons. The Balaban J connectivity index is 1.73. The number of benzene rings is 2. The highest BCUT2D eigenvalue weighted by atomic mass is 19.1. The molecule has 1 N–H and O–H groups in total. The molecular weight excluding hydrogens is 253 g/mol. The summed E-state index contributed by atoms with van der Waals surface area (Å²) in [6, 6.07) is 11.6. The van der Waals surface area contributed by atoms with Gasteiger partial charge >= 0.3 is 0 Å². The van der Waals surface area contributed by atoms with E-state index in [2.05, 4.69) is 23.5 Å². The third-order valence-corrected chi connectivity index (χ3v) is 3.84. The second kappa shape index (κ2) is 5.53. The summed E-state index contributed by atoms with van der Waals surface area (Å²) < 4.78 is 19.0. The topological polar surface area (TPSA) is 21.3 Å². The molecule has 0 spiro atoms. The fourth-order valence-corrected chi connectivity index (χ4v) is 2.73. The van der Waals surface area contributed by atoms with Gasteiger partial charge in [0.1, 0.15) is 0 Å². The number of methoxy groups -OCH3 is 1. The van der Waals surface area contributed by atoms with Crippen LogP contribution in [0, 0.1) is 5.82 Å². The van der Waals surface area contributed by atoms with Gasteiger partial charge in [0, 0.05) is 17.8 Å². The smallest absolute Gasteiger partial charge is 0.170 e. The molecule has 2 nitrogen and oxygen atoms in total. The minimum absolute atomic E-state index is 0.288. The first kappa shape index (κ1) is 13.0. The van der Waals surface area contributed by atoms with Crippen molar-refractivity contribution in [3.05, 3.63) is 58.9 Å². The Morgan fingerprint density at radius 1 is 1.15 bits per heavy atom. The molecule has 2 aromatic rings. The van der Waals surface area contributed by atoms with Crippen molar-refractivity contribution < 1.29 is 9.13 Å². The Morgan fingerprint density at radius 2 is 2.00 bits per heavy atom. The highest BCUT2D eigenvalue weighted by Crippen LogP contribution is 2.26. The SMILES string of the molecule is COc1cccc(CNc2ccc3c(c2)CCC3)c1F. The maximum absolute atomic E-state index is 14.0. The molecule has 1 aliphatic rings. The summed E-state index contributed by atoms with van der Waals surface area (Å²) in [5.41, 5.74) is 4.53. The van der Waals surface area contributed by atoms with Crippen molar-refractivity contribution in [2.75, 3.05) is 12.4 Å². The maximum atomic E-state index is 14.0. The maximum Gasteiger partial charge on any atom is 0.170 e. The lowest BCUT2D eigenvalue weighted by Crippen LogP contribution is -2.03. The van der Waals surface area contributed by atoms with E-state index in [0.717, 1.165) is 12.1 Å². The number of ether oxygens (including phenoxy) is 1. The zero-order valence-corrected chi connectivity index (χ0v) is 11.6. The highest BCUT2D eigenvalue weighted by molar-refractivity contribution is 5.50. The number of anilines is 1. The molecule has 0 bridgehead atoms. The van der Waals surface area contributed by atoms with Gasteiger partial charge < -0.3 is 10.1 Å². The Kier molecular flexibility index (Phi) is 3.59. The van der Waals surface area contributed by atoms with Crippen LogP contribution in [-0.2, 0) is 19.4 Å². The monoisotopic (exact) mass is 271 g/mol. The van der Waals surface area contributed by atoms with E-state index in [-0.39, 0.29) is 5.82 Å². The first-order valence-electron chi connectivity index (χ1n) is 6.95. The zero-order valence-electron chi connectivity index (χ0n) is 11.6. The van der Waals surface area contributed by atoms with Gasteiger partial charge in [-0.2, -0.15) is 0 Å². The summed E-state index contributed by atoms with van der Waals surface area (Å²) in [5, 5.41) is 3.29. The van der Waals surface area contributed by atoms with Crippen LogP contribution in [0.25, 0.3) is 0 Å². The number of aryl methyl sites for hydroxylation is 2. The Hall–Kier alpha value is -2.03. The fourth-order valence-electron chi connectivity index (χ4n) is 2.73. The van der Waals surface area contributed by atoms with Crippen molar-refractivity contribution in [1.29, 1.82) is 0 Å². The van der Waals surface area contributed by atoms with Crippen LogP contribution in [0.2, 0.25) is 0 Å². The summed E-state index contributed by atoms with van der Waals surface area (Å²) in [4.78, 5) is 0. The van der Waals surface area contributed by atoms with Crippen LogP contribution in [-0.4, -0.2) is 7.11 Å². The minimum atomic E-state index is -0.288. The summed E-state index contributed by atoms with van der Waals surface area (Å²) in [6.45, 7) is 0.460. The Morgan fingerprint density at radius 3 is 2.85 bits per heavy atom. The third kappa shape index (κ3) is 2.48. The molecule has 0 aromatic heterocycles. The zero-order chi connectivity index (χ0) is 13.9. The van der Waals surface area contributed by atoms with Gasteiger partial charge in [0.2, 0.25) is 0 Å². The van der Waals surface area contributed by atoms with Crippen LogP contribution < -0.4 is 10.1 Å². The van der Waals surface area contributed by atoms with Gasteiger partial charge in [-0.25, -0.2) is 4.39 Å². The number of fused-ring (bicyclic) bond motifs is 1. The number of rotatable bonds is 4. The largest absolute Gasteiger partial charge is 0.494 e. The predicted octanol–water partition coefficient (Wildman–Crippen LogP) is 3.94. The molecule has 0 fully saturated rings. The molecule has 0 heterocycles. The molecule has 3 rings (SSSR count). The first-order chi connectivity index (χ1) is 9.78. The second-order valence-corrected chi connectivity index (χ2v) is 5.12. The van der Waals surface area contributed by atoms with Crippen LogP contribution in [0.15, 0.2) is 36.4 Å². The quantitative estimate of drug-likeness (QED) is 0.909. The molecule has 20 heavy (non-hydrogen) atoms. The Labute approximate surface area is 118 Å². The van der Waals surface area contributed by atoms with Crippen molar-refractivity contribution in [3.63, 3.8) is 0 Å². The van der Waals surface area contributed by atoms with E-state index in [1.165, 1.54) is 31.1 Å². The fraction of sp³-hybridized carbons (Fsp3) is 0.294. The molecule has 0 aliphatic heterocycles. The van der Waals surface area contributed by atoms with E-state index in [1.54, 1.807) is 12.1 Å². The Bertz CT molecular complexity index is 624. The molecule has 0 saturated heterocycles. The summed E-state index contributed by atoms with van der Waals surface area (Å²) >= 11 is 0. The molecular formula is C17H18FNO. The molecule has 0 amide bonds. The van der Waals surface area contributed by atoms with Crippen LogP contribution in [0.5, 0.6) is 5.75 Å². The number of hydrogen-bond donors (Lipinski definition) is 1. The summed E-state index contributed by atoms with van der Waals surface area (Å²) in [6.07, 6.45) is 3.57. The second-order valence-electron chi connectivity index (χ2n) is 5.12. The van der Waals surface area contributed by atoms with Crippen molar-refractivity contribution in [2.45, 2.75) is 25.8 Å². The number of halogens is 1. The first-order valence-corrected chi connectivity index (χ1v) is 6.95. The van der Waals surface area contributed by atoms with E-state index in [1.807, 2.05) is 6.07 Å². The van der Waals surface area contributed by atoms with Gasteiger partial charge in [-0.1, -0.05) is 18.2 Å². The lowest BCUT2D eigenvalue weighted by Gasteiger charge is -2.11. The van der Waals surface area contributed by atoms with E-state index < -0.39 is 0 Å². The molecule has 3 heteroatoms. The van der Waals surface area contributed by atoms with Gasteiger partial charge in [0.25, 0.3) is 0 Å². The van der Waals surface area contributed by atoms with Crippen molar-refractivity contribution >= 4 is 5.69 Å². The van der Waals surface area contributed by atoms with Gasteiger partial charge in [-0.15, -0.1) is 0 Å². The predicted molar refractivity (Wildman–Crippen MR) is 78.7 cm³/mol. The molecule has 0 atom stereocenters. The van der Waals surface area contributed by atoms with Gasteiger partial charge in [0.15, 0.2) is 11.6 Å². The summed E-state index contributed by atoms with van der Waals surface area (Å²) in [5.74, 6) is 0.00177. The van der Waals surface area contributed by atoms with Crippen molar-refractivity contribution in [2.24, 2.45) is 0 Å². The van der Waals surface area contributed by atoms with Gasteiger partial charge in [-0.05, 0) is 48.6 Å². The van der Waals surface area contributed by atoms with Gasteiger partial charge in [-0.3, -0.25) is 0 Å². The average Bonchev–Trinajstić information content (AvgIpc) is 2.93. The lowest BCUT2D eigenvalue weighted by atomic mass is 10.1. The van der Waals surface area contributed by atoms with Gasteiger partial charge in [0.05, 0.1) is 7.11 Å². The highest BCUT2D eigenvalue weighted by Gasteiger charge is 2.11. The molecule has 1 aliphatic carbocycles. The molecule has 104 valence electrons.